The van der Waals surface area contributed by atoms with Crippen molar-refractivity contribution in [3.8, 4) is 22.8 Å². The summed E-state index contributed by atoms with van der Waals surface area (Å²) < 4.78 is 0. The van der Waals surface area contributed by atoms with Crippen molar-refractivity contribution in [2.45, 2.75) is 19.9 Å². The first-order valence-corrected chi connectivity index (χ1v) is 8.86. The first-order valence-electron chi connectivity index (χ1n) is 8.86. The molecule has 1 saturated heterocycles. The monoisotopic (exact) mass is 367 g/mol. The largest absolute Gasteiger partial charge is 0.506 e. The second-order valence-electron chi connectivity index (χ2n) is 6.77. The van der Waals surface area contributed by atoms with E-state index < -0.39 is 0 Å². The fraction of sp³-hybridized carbons (Fsp3) is 0.412. The van der Waals surface area contributed by atoms with Crippen LogP contribution < -0.4 is 10.2 Å². The molecule has 10 heteroatoms. The molecule has 3 aromatic heterocycles. The van der Waals surface area contributed by atoms with Crippen LogP contribution in [0.3, 0.4) is 0 Å². The molecule has 0 saturated carbocycles. The molecule has 0 bridgehead atoms. The molecule has 4 heterocycles. The lowest BCUT2D eigenvalue weighted by Crippen LogP contribution is -2.53. The molecule has 4 rings (SSSR count). The van der Waals surface area contributed by atoms with E-state index >= 15 is 0 Å². The van der Waals surface area contributed by atoms with Crippen molar-refractivity contribution < 1.29 is 5.11 Å². The summed E-state index contributed by atoms with van der Waals surface area (Å²) in [6.07, 6.45) is 6.26. The van der Waals surface area contributed by atoms with E-state index in [4.69, 9.17) is 0 Å². The van der Waals surface area contributed by atoms with E-state index in [0.29, 0.717) is 35.0 Å². The lowest BCUT2D eigenvalue weighted by atomic mass is 10.0. The summed E-state index contributed by atoms with van der Waals surface area (Å²) in [6, 6.07) is 1.93. The lowest BCUT2D eigenvalue weighted by Gasteiger charge is -2.35. The predicted octanol–water partition coefficient (Wildman–Crippen LogP) is 0.654. The van der Waals surface area contributed by atoms with Gasteiger partial charge in [0, 0.05) is 31.7 Å². The highest BCUT2D eigenvalue weighted by Gasteiger charge is 2.24. The van der Waals surface area contributed by atoms with Gasteiger partial charge in [-0.2, -0.15) is 10.2 Å². The first-order chi connectivity index (χ1) is 13.1. The van der Waals surface area contributed by atoms with E-state index in [-0.39, 0.29) is 5.75 Å². The number of rotatable bonds is 4. The Morgan fingerprint density at radius 3 is 2.63 bits per heavy atom. The van der Waals surface area contributed by atoms with E-state index in [9.17, 15) is 5.11 Å². The number of nitrogens with zero attached hydrogens (tertiary/aromatic N) is 8. The Hall–Kier alpha value is -3.14. The summed E-state index contributed by atoms with van der Waals surface area (Å²) in [5.74, 6) is 1.09. The van der Waals surface area contributed by atoms with Crippen molar-refractivity contribution in [2.75, 3.05) is 24.5 Å². The number of hydrogen-bond acceptors (Lipinski definition) is 9. The van der Waals surface area contributed by atoms with Crippen LogP contribution in [0.2, 0.25) is 0 Å². The van der Waals surface area contributed by atoms with Crippen molar-refractivity contribution in [3.05, 3.63) is 30.9 Å². The molecule has 0 unspecified atom stereocenters. The van der Waals surface area contributed by atoms with Gasteiger partial charge in [0.15, 0.2) is 0 Å². The zero-order valence-electron chi connectivity index (χ0n) is 15.2. The van der Waals surface area contributed by atoms with Gasteiger partial charge < -0.3 is 15.3 Å². The summed E-state index contributed by atoms with van der Waals surface area (Å²) in [7, 11) is 0. The van der Waals surface area contributed by atoms with E-state index in [2.05, 4.69) is 54.4 Å². The molecule has 0 amide bonds. The van der Waals surface area contributed by atoms with Gasteiger partial charge in [0.25, 0.3) is 0 Å². The molecular formula is C17H21N9O. The van der Waals surface area contributed by atoms with Crippen LogP contribution in [0.5, 0.6) is 5.75 Å². The van der Waals surface area contributed by atoms with Crippen LogP contribution in [0.4, 0.5) is 5.95 Å². The quantitative estimate of drug-likeness (QED) is 0.685. The van der Waals surface area contributed by atoms with Crippen LogP contribution in [-0.2, 0) is 0 Å². The third-order valence-corrected chi connectivity index (χ3v) is 4.59. The van der Waals surface area contributed by atoms with Gasteiger partial charge in [-0.3, -0.25) is 0 Å². The topological polar surface area (TPSA) is 118 Å². The Morgan fingerprint density at radius 2 is 1.96 bits per heavy atom. The molecule has 1 aliphatic heterocycles. The Kier molecular flexibility index (Phi) is 4.63. The van der Waals surface area contributed by atoms with E-state index in [0.717, 1.165) is 19.6 Å². The molecule has 27 heavy (non-hydrogen) atoms. The Morgan fingerprint density at radius 1 is 1.15 bits per heavy atom. The number of hydrogen-bond donors (Lipinski definition) is 2. The number of pyridine rings is 1. The number of piperazine rings is 1. The molecule has 0 spiro atoms. The highest BCUT2D eigenvalue weighted by Crippen LogP contribution is 2.26. The Balaban J connectivity index is 1.54. The zero-order chi connectivity index (χ0) is 18.8. The number of anilines is 1. The molecule has 10 nitrogen and oxygen atoms in total. The fourth-order valence-electron chi connectivity index (χ4n) is 3.03. The number of aromatic nitrogens is 7. The maximum absolute atomic E-state index is 10.3. The normalized spacial score (nSPS) is 17.4. The highest BCUT2D eigenvalue weighted by atomic mass is 16.3. The molecule has 0 aliphatic carbocycles. The maximum atomic E-state index is 10.3. The van der Waals surface area contributed by atoms with Crippen LogP contribution >= 0.6 is 0 Å². The van der Waals surface area contributed by atoms with Gasteiger partial charge in [-0.1, -0.05) is 13.8 Å². The van der Waals surface area contributed by atoms with Gasteiger partial charge in [-0.05, 0) is 5.92 Å². The fourth-order valence-corrected chi connectivity index (χ4v) is 3.03. The van der Waals surface area contributed by atoms with E-state index in [1.54, 1.807) is 24.8 Å². The molecule has 1 aliphatic rings. The number of nitrogens with one attached hydrogen (secondary N) is 1. The summed E-state index contributed by atoms with van der Waals surface area (Å²) >= 11 is 0. The highest BCUT2D eigenvalue weighted by molar-refractivity contribution is 5.62. The predicted molar refractivity (Wildman–Crippen MR) is 98.5 cm³/mol. The molecule has 1 atom stereocenters. The van der Waals surface area contributed by atoms with Gasteiger partial charge in [0.1, 0.15) is 22.8 Å². The van der Waals surface area contributed by atoms with Crippen molar-refractivity contribution >= 4 is 5.95 Å². The first kappa shape index (κ1) is 17.3. The summed E-state index contributed by atoms with van der Waals surface area (Å²) in [4.78, 5) is 12.2. The maximum Gasteiger partial charge on any atom is 0.245 e. The van der Waals surface area contributed by atoms with Gasteiger partial charge in [0.2, 0.25) is 5.95 Å². The standard InChI is InChI=1S/C17H21N9O/c1-11(2)14-10-25(6-5-18-14)17-20-9-13(23-24-17)16-15(27)7-12(8-19-16)26-21-3-4-22-26/h3-4,7-9,11,14,18,27H,5-6,10H2,1-2H3/t14-/m1/s1. The van der Waals surface area contributed by atoms with Crippen LogP contribution in [0.1, 0.15) is 13.8 Å². The summed E-state index contributed by atoms with van der Waals surface area (Å²) in [6.45, 7) is 6.95. The Labute approximate surface area is 156 Å². The second-order valence-corrected chi connectivity index (χ2v) is 6.77. The smallest absolute Gasteiger partial charge is 0.245 e. The van der Waals surface area contributed by atoms with Crippen molar-refractivity contribution in [2.24, 2.45) is 5.92 Å². The molecule has 1 fully saturated rings. The average Bonchev–Trinajstić information content (AvgIpc) is 3.23. The minimum Gasteiger partial charge on any atom is -0.506 e. The van der Waals surface area contributed by atoms with Crippen LogP contribution in [-0.4, -0.2) is 65.9 Å². The van der Waals surface area contributed by atoms with E-state index in [1.807, 2.05) is 0 Å². The van der Waals surface area contributed by atoms with Gasteiger partial charge in [0.05, 0.1) is 24.8 Å². The molecule has 2 N–H and O–H groups in total. The zero-order valence-corrected chi connectivity index (χ0v) is 15.2. The Bertz CT molecular complexity index is 895. The summed E-state index contributed by atoms with van der Waals surface area (Å²) in [5, 5.41) is 30.3. The van der Waals surface area contributed by atoms with Crippen LogP contribution in [0.25, 0.3) is 17.1 Å². The second kappa shape index (κ2) is 7.23. The van der Waals surface area contributed by atoms with E-state index in [1.165, 1.54) is 10.9 Å². The minimum absolute atomic E-state index is 0.0318. The molecule has 140 valence electrons. The minimum atomic E-state index is -0.0318. The van der Waals surface area contributed by atoms with Crippen LogP contribution in [0.15, 0.2) is 30.9 Å². The van der Waals surface area contributed by atoms with Crippen molar-refractivity contribution in [1.82, 2.24) is 40.5 Å². The van der Waals surface area contributed by atoms with Gasteiger partial charge in [-0.25, -0.2) is 9.97 Å². The van der Waals surface area contributed by atoms with Gasteiger partial charge >= 0.3 is 0 Å². The summed E-state index contributed by atoms with van der Waals surface area (Å²) in [5.41, 5.74) is 1.28. The third-order valence-electron chi connectivity index (χ3n) is 4.59. The average molecular weight is 367 g/mol. The molecular weight excluding hydrogens is 346 g/mol. The van der Waals surface area contributed by atoms with Gasteiger partial charge in [-0.15, -0.1) is 15.0 Å². The molecule has 0 radical (unpaired) electrons. The van der Waals surface area contributed by atoms with Crippen LogP contribution in [0, 0.1) is 5.92 Å². The molecule has 0 aromatic carbocycles. The van der Waals surface area contributed by atoms with Crippen molar-refractivity contribution in [3.63, 3.8) is 0 Å². The number of aromatic hydroxyl groups is 1. The van der Waals surface area contributed by atoms with Crippen molar-refractivity contribution in [1.29, 1.82) is 0 Å². The molecule has 3 aromatic rings. The SMILES string of the molecule is CC(C)[C@H]1CN(c2ncc(-c3ncc(-n4nccn4)cc3O)nn2)CCN1. The lowest BCUT2D eigenvalue weighted by molar-refractivity contribution is 0.365. The third kappa shape index (κ3) is 3.56.